The van der Waals surface area contributed by atoms with Crippen LogP contribution in [0.2, 0.25) is 5.02 Å². The molecule has 1 amide bonds. The summed E-state index contributed by atoms with van der Waals surface area (Å²) in [4.78, 5) is 16.5. The van der Waals surface area contributed by atoms with E-state index in [1.807, 2.05) is 29.8 Å². The first-order valence-electron chi connectivity index (χ1n) is 5.53. The van der Waals surface area contributed by atoms with Crippen LogP contribution in [0.15, 0.2) is 46.0 Å². The molecule has 0 saturated carbocycles. The molecule has 0 bridgehead atoms. The van der Waals surface area contributed by atoms with Gasteiger partial charge in [0.25, 0.3) is 0 Å². The number of benzene rings is 1. The predicted molar refractivity (Wildman–Crippen MR) is 74.4 cm³/mol. The van der Waals surface area contributed by atoms with Gasteiger partial charge in [0.05, 0.1) is 21.5 Å². The van der Waals surface area contributed by atoms with Gasteiger partial charge in [0.15, 0.2) is 10.6 Å². The van der Waals surface area contributed by atoms with Crippen molar-refractivity contribution in [1.29, 1.82) is 0 Å². The van der Waals surface area contributed by atoms with Crippen LogP contribution in [0.4, 0.5) is 0 Å². The fourth-order valence-corrected chi connectivity index (χ4v) is 3.21. The lowest BCUT2D eigenvalue weighted by Crippen LogP contribution is -2.13. The predicted octanol–water partition coefficient (Wildman–Crippen LogP) is 3.23. The van der Waals surface area contributed by atoms with Gasteiger partial charge in [-0.05, 0) is 24.3 Å². The summed E-state index contributed by atoms with van der Waals surface area (Å²) in [6.07, 6.45) is 1.45. The molecule has 96 valence electrons. The SMILES string of the molecule is Cn1c(=NC(=O)c2ccco2)sc2cccc(Cl)c21. The van der Waals surface area contributed by atoms with Crippen molar-refractivity contribution in [3.63, 3.8) is 0 Å². The zero-order chi connectivity index (χ0) is 13.4. The highest BCUT2D eigenvalue weighted by Gasteiger charge is 2.10. The number of nitrogens with zero attached hydrogens (tertiary/aromatic N) is 2. The number of hydrogen-bond donors (Lipinski definition) is 0. The number of aromatic nitrogens is 1. The van der Waals surface area contributed by atoms with Crippen LogP contribution in [0.3, 0.4) is 0 Å². The van der Waals surface area contributed by atoms with E-state index in [1.54, 1.807) is 12.1 Å². The van der Waals surface area contributed by atoms with Crippen LogP contribution < -0.4 is 4.80 Å². The van der Waals surface area contributed by atoms with Crippen molar-refractivity contribution in [3.05, 3.63) is 52.2 Å². The van der Waals surface area contributed by atoms with Crippen molar-refractivity contribution in [3.8, 4) is 0 Å². The highest BCUT2D eigenvalue weighted by atomic mass is 35.5. The van der Waals surface area contributed by atoms with Crippen molar-refractivity contribution in [2.45, 2.75) is 0 Å². The summed E-state index contributed by atoms with van der Waals surface area (Å²) in [6.45, 7) is 0. The van der Waals surface area contributed by atoms with E-state index in [0.29, 0.717) is 9.82 Å². The highest BCUT2D eigenvalue weighted by molar-refractivity contribution is 7.16. The number of thiazole rings is 1. The molecule has 2 aromatic heterocycles. The number of carbonyl (C=O) groups excluding carboxylic acids is 1. The van der Waals surface area contributed by atoms with Crippen molar-refractivity contribution in [2.75, 3.05) is 0 Å². The molecular formula is C13H9ClN2O2S. The second-order valence-corrected chi connectivity index (χ2v) is 5.34. The number of aryl methyl sites for hydroxylation is 1. The average Bonchev–Trinajstić information content (AvgIpc) is 2.99. The van der Waals surface area contributed by atoms with Gasteiger partial charge in [-0.15, -0.1) is 0 Å². The molecule has 1 aromatic carbocycles. The maximum absolute atomic E-state index is 11.9. The lowest BCUT2D eigenvalue weighted by atomic mass is 10.3. The van der Waals surface area contributed by atoms with Crippen molar-refractivity contribution in [1.82, 2.24) is 4.57 Å². The standard InChI is InChI=1S/C13H9ClN2O2S/c1-16-11-8(14)4-2-6-10(11)19-13(16)15-12(17)9-5-3-7-18-9/h2-7H,1H3. The number of furan rings is 1. The number of para-hydroxylation sites is 1. The van der Waals surface area contributed by atoms with E-state index in [1.165, 1.54) is 17.6 Å². The minimum atomic E-state index is -0.400. The Labute approximate surface area is 117 Å². The molecule has 0 aliphatic carbocycles. The molecule has 0 N–H and O–H groups in total. The monoisotopic (exact) mass is 292 g/mol. The van der Waals surface area contributed by atoms with Crippen LogP contribution in [0.25, 0.3) is 10.2 Å². The van der Waals surface area contributed by atoms with Crippen LogP contribution in [-0.2, 0) is 7.05 Å². The van der Waals surface area contributed by atoms with Crippen molar-refractivity contribution >= 4 is 39.1 Å². The Morgan fingerprint density at radius 1 is 1.37 bits per heavy atom. The minimum Gasteiger partial charge on any atom is -0.459 e. The molecule has 19 heavy (non-hydrogen) atoms. The summed E-state index contributed by atoms with van der Waals surface area (Å²) in [5.74, 6) is -0.174. The fraction of sp³-hybridized carbons (Fsp3) is 0.0769. The Bertz CT molecular complexity index is 815. The minimum absolute atomic E-state index is 0.226. The lowest BCUT2D eigenvalue weighted by molar-refractivity contribution is 0.0971. The molecule has 0 atom stereocenters. The third-order valence-corrected chi connectivity index (χ3v) is 4.10. The first kappa shape index (κ1) is 12.2. The third kappa shape index (κ3) is 2.11. The number of halogens is 1. The summed E-state index contributed by atoms with van der Waals surface area (Å²) in [5, 5.41) is 0.642. The molecular weight excluding hydrogens is 284 g/mol. The molecule has 0 saturated heterocycles. The summed E-state index contributed by atoms with van der Waals surface area (Å²) in [6, 6.07) is 8.88. The van der Waals surface area contributed by atoms with E-state index in [9.17, 15) is 4.79 Å². The van der Waals surface area contributed by atoms with E-state index < -0.39 is 5.91 Å². The molecule has 0 fully saturated rings. The van der Waals surface area contributed by atoms with Crippen LogP contribution in [0, 0.1) is 0 Å². The molecule has 0 aliphatic heterocycles. The van der Waals surface area contributed by atoms with Gasteiger partial charge in [-0.25, -0.2) is 0 Å². The zero-order valence-electron chi connectivity index (χ0n) is 9.96. The summed E-state index contributed by atoms with van der Waals surface area (Å²) < 4.78 is 7.83. The summed E-state index contributed by atoms with van der Waals surface area (Å²) >= 11 is 7.57. The Balaban J connectivity index is 2.19. The Hall–Kier alpha value is -1.85. The highest BCUT2D eigenvalue weighted by Crippen LogP contribution is 2.24. The molecule has 0 spiro atoms. The van der Waals surface area contributed by atoms with Gasteiger partial charge in [-0.2, -0.15) is 4.99 Å². The van der Waals surface area contributed by atoms with E-state index in [0.717, 1.165) is 10.2 Å². The fourth-order valence-electron chi connectivity index (χ4n) is 1.81. The number of amides is 1. The van der Waals surface area contributed by atoms with Gasteiger partial charge in [-0.1, -0.05) is 29.0 Å². The molecule has 3 aromatic rings. The number of rotatable bonds is 1. The Kier molecular flexibility index (Phi) is 3.00. The van der Waals surface area contributed by atoms with Crippen molar-refractivity contribution in [2.24, 2.45) is 12.0 Å². The molecule has 4 nitrogen and oxygen atoms in total. The summed E-state index contributed by atoms with van der Waals surface area (Å²) in [7, 11) is 1.83. The largest absolute Gasteiger partial charge is 0.459 e. The smallest absolute Gasteiger partial charge is 0.315 e. The van der Waals surface area contributed by atoms with Crippen LogP contribution in [-0.4, -0.2) is 10.5 Å². The van der Waals surface area contributed by atoms with Gasteiger partial charge >= 0.3 is 5.91 Å². The number of hydrogen-bond acceptors (Lipinski definition) is 3. The third-order valence-electron chi connectivity index (χ3n) is 2.70. The molecule has 6 heteroatoms. The van der Waals surface area contributed by atoms with E-state index in [4.69, 9.17) is 16.0 Å². The topological polar surface area (TPSA) is 47.5 Å². The van der Waals surface area contributed by atoms with Gasteiger partial charge in [0, 0.05) is 7.05 Å². The van der Waals surface area contributed by atoms with Gasteiger partial charge in [0.2, 0.25) is 0 Å². The van der Waals surface area contributed by atoms with Crippen LogP contribution in [0.1, 0.15) is 10.6 Å². The second-order valence-electron chi connectivity index (χ2n) is 3.92. The normalized spacial score (nSPS) is 12.2. The van der Waals surface area contributed by atoms with Crippen LogP contribution in [0.5, 0.6) is 0 Å². The van der Waals surface area contributed by atoms with Gasteiger partial charge < -0.3 is 8.98 Å². The average molecular weight is 293 g/mol. The van der Waals surface area contributed by atoms with E-state index >= 15 is 0 Å². The number of fused-ring (bicyclic) bond motifs is 1. The van der Waals surface area contributed by atoms with E-state index in [-0.39, 0.29) is 5.76 Å². The maximum atomic E-state index is 11.9. The maximum Gasteiger partial charge on any atom is 0.315 e. The zero-order valence-corrected chi connectivity index (χ0v) is 11.5. The summed E-state index contributed by atoms with van der Waals surface area (Å²) in [5.41, 5.74) is 0.875. The van der Waals surface area contributed by atoms with Crippen molar-refractivity contribution < 1.29 is 9.21 Å². The molecule has 3 rings (SSSR count). The van der Waals surface area contributed by atoms with E-state index in [2.05, 4.69) is 4.99 Å². The number of carbonyl (C=O) groups is 1. The quantitative estimate of drug-likeness (QED) is 0.691. The molecule has 2 heterocycles. The van der Waals surface area contributed by atoms with Crippen LogP contribution >= 0.6 is 22.9 Å². The van der Waals surface area contributed by atoms with Gasteiger partial charge in [-0.3, -0.25) is 4.79 Å². The van der Waals surface area contributed by atoms with Gasteiger partial charge in [0.1, 0.15) is 0 Å². The second kappa shape index (κ2) is 4.68. The molecule has 0 unspecified atom stereocenters. The first-order valence-corrected chi connectivity index (χ1v) is 6.73. The first-order chi connectivity index (χ1) is 9.16. The lowest BCUT2D eigenvalue weighted by Gasteiger charge is -1.97. The Morgan fingerprint density at radius 3 is 2.89 bits per heavy atom. The Morgan fingerprint density at radius 2 is 2.21 bits per heavy atom. The molecule has 0 radical (unpaired) electrons. The molecule has 0 aliphatic rings.